The molecule has 5 nitrogen and oxygen atoms in total. The van der Waals surface area contributed by atoms with Gasteiger partial charge < -0.3 is 14.8 Å². The second-order valence-electron chi connectivity index (χ2n) is 3.81. The van der Waals surface area contributed by atoms with E-state index in [0.29, 0.717) is 11.8 Å². The molecule has 0 spiro atoms. The van der Waals surface area contributed by atoms with Crippen molar-refractivity contribution >= 4 is 23.6 Å². The molecular formula is C11H13NO4S. The number of carboxylic acids is 1. The van der Waals surface area contributed by atoms with Crippen LogP contribution in [0.4, 0.5) is 0 Å². The third-order valence-electron chi connectivity index (χ3n) is 2.55. The first-order chi connectivity index (χ1) is 8.16. The summed E-state index contributed by atoms with van der Waals surface area (Å²) in [6.07, 6.45) is 2.30. The van der Waals surface area contributed by atoms with Gasteiger partial charge in [-0.2, -0.15) is 11.8 Å². The molecule has 0 saturated carbocycles. The zero-order chi connectivity index (χ0) is 12.3. The maximum absolute atomic E-state index is 11.6. The van der Waals surface area contributed by atoms with E-state index in [1.807, 2.05) is 11.8 Å². The summed E-state index contributed by atoms with van der Waals surface area (Å²) in [7, 11) is 0. The monoisotopic (exact) mass is 255 g/mol. The van der Waals surface area contributed by atoms with Crippen LogP contribution in [0.25, 0.3) is 0 Å². The lowest BCUT2D eigenvalue weighted by Crippen LogP contribution is -2.29. The molecular weight excluding hydrogens is 242 g/mol. The summed E-state index contributed by atoms with van der Waals surface area (Å²) >= 11 is 1.85. The highest BCUT2D eigenvalue weighted by Crippen LogP contribution is 2.25. The van der Waals surface area contributed by atoms with Crippen LogP contribution >= 0.6 is 11.8 Å². The number of carbonyl (C=O) groups excluding carboxylic acids is 1. The van der Waals surface area contributed by atoms with Crippen molar-refractivity contribution in [2.45, 2.75) is 18.1 Å². The van der Waals surface area contributed by atoms with Crippen molar-refractivity contribution in [1.29, 1.82) is 0 Å². The highest BCUT2D eigenvalue weighted by molar-refractivity contribution is 8.00. The Hall–Kier alpha value is -1.43. The lowest BCUT2D eigenvalue weighted by molar-refractivity contribution is 0.0659. The normalized spacial score (nSPS) is 19.2. The smallest absolute Gasteiger partial charge is 0.371 e. The fourth-order valence-electron chi connectivity index (χ4n) is 1.67. The molecule has 1 atom stereocenters. The molecule has 2 N–H and O–H groups in total. The van der Waals surface area contributed by atoms with Crippen LogP contribution in [0.3, 0.4) is 0 Å². The minimum Gasteiger partial charge on any atom is -0.475 e. The lowest BCUT2D eigenvalue weighted by atomic mass is 10.2. The van der Waals surface area contributed by atoms with Gasteiger partial charge in [0.25, 0.3) is 5.91 Å². The van der Waals surface area contributed by atoms with Gasteiger partial charge in [0.05, 0.1) is 0 Å². The molecule has 1 aliphatic heterocycles. The molecule has 92 valence electrons. The Balaban J connectivity index is 1.87. The number of nitrogens with one attached hydrogen (secondary N) is 1. The van der Waals surface area contributed by atoms with Crippen molar-refractivity contribution in [3.63, 3.8) is 0 Å². The average Bonchev–Trinajstić information content (AvgIpc) is 2.96. The number of furan rings is 1. The van der Waals surface area contributed by atoms with E-state index < -0.39 is 5.97 Å². The molecule has 0 aromatic carbocycles. The van der Waals surface area contributed by atoms with Gasteiger partial charge in [-0.3, -0.25) is 4.79 Å². The second kappa shape index (κ2) is 5.27. The van der Waals surface area contributed by atoms with Crippen LogP contribution in [0.15, 0.2) is 16.5 Å². The third-order valence-corrected chi connectivity index (χ3v) is 3.95. The predicted octanol–water partition coefficient (Wildman–Crippen LogP) is 1.60. The molecule has 17 heavy (non-hydrogen) atoms. The number of hydrogen-bond donors (Lipinski definition) is 2. The first kappa shape index (κ1) is 12.0. The van der Waals surface area contributed by atoms with Crippen molar-refractivity contribution in [2.75, 3.05) is 12.3 Å². The number of amides is 1. The zero-order valence-corrected chi connectivity index (χ0v) is 9.96. The van der Waals surface area contributed by atoms with E-state index in [1.54, 1.807) is 0 Å². The highest BCUT2D eigenvalue weighted by atomic mass is 32.2. The van der Waals surface area contributed by atoms with E-state index in [4.69, 9.17) is 9.52 Å². The van der Waals surface area contributed by atoms with Gasteiger partial charge in [-0.1, -0.05) is 0 Å². The second-order valence-corrected chi connectivity index (χ2v) is 5.22. The summed E-state index contributed by atoms with van der Waals surface area (Å²) in [5.41, 5.74) is 0. The SMILES string of the molecule is O=C(O)c1ccc(C(=O)NCC2CCCS2)o1. The van der Waals surface area contributed by atoms with Gasteiger partial charge in [-0.15, -0.1) is 0 Å². The standard InChI is InChI=1S/C11H13NO4S/c13-10(12-6-7-2-1-5-17-7)8-3-4-9(16-8)11(14)15/h3-4,7H,1-2,5-6H2,(H,12,13)(H,14,15). The molecule has 0 radical (unpaired) electrons. The van der Waals surface area contributed by atoms with Crippen LogP contribution in [-0.4, -0.2) is 34.5 Å². The Morgan fingerprint density at radius 2 is 2.24 bits per heavy atom. The summed E-state index contributed by atoms with van der Waals surface area (Å²) in [6, 6.07) is 2.65. The molecule has 6 heteroatoms. The number of thioether (sulfide) groups is 1. The minimum atomic E-state index is -1.17. The van der Waals surface area contributed by atoms with E-state index >= 15 is 0 Å². The summed E-state index contributed by atoms with van der Waals surface area (Å²) in [5.74, 6) is -0.555. The largest absolute Gasteiger partial charge is 0.475 e. The van der Waals surface area contributed by atoms with Crippen LogP contribution in [0.1, 0.15) is 34.0 Å². The van der Waals surface area contributed by atoms with Crippen molar-refractivity contribution in [3.05, 3.63) is 23.7 Å². The van der Waals surface area contributed by atoms with Gasteiger partial charge in [0, 0.05) is 11.8 Å². The molecule has 1 saturated heterocycles. The molecule has 0 aliphatic carbocycles. The molecule has 1 aromatic rings. The van der Waals surface area contributed by atoms with E-state index in [2.05, 4.69) is 5.32 Å². The fraction of sp³-hybridized carbons (Fsp3) is 0.455. The molecule has 1 amide bonds. The van der Waals surface area contributed by atoms with E-state index in [0.717, 1.165) is 12.2 Å². The van der Waals surface area contributed by atoms with E-state index in [9.17, 15) is 9.59 Å². The van der Waals surface area contributed by atoms with Gasteiger partial charge in [-0.05, 0) is 30.7 Å². The molecule has 1 aliphatic rings. The summed E-state index contributed by atoms with van der Waals surface area (Å²) in [4.78, 5) is 22.2. The Morgan fingerprint density at radius 3 is 2.82 bits per heavy atom. The van der Waals surface area contributed by atoms with E-state index in [-0.39, 0.29) is 17.4 Å². The predicted molar refractivity (Wildman–Crippen MR) is 63.5 cm³/mol. The van der Waals surface area contributed by atoms with Gasteiger partial charge >= 0.3 is 5.97 Å². The van der Waals surface area contributed by atoms with E-state index in [1.165, 1.54) is 18.6 Å². The van der Waals surface area contributed by atoms with Crippen LogP contribution < -0.4 is 5.32 Å². The Bertz CT molecular complexity index is 423. The first-order valence-corrected chi connectivity index (χ1v) is 6.44. The molecule has 2 heterocycles. The quantitative estimate of drug-likeness (QED) is 0.854. The van der Waals surface area contributed by atoms with Crippen LogP contribution in [-0.2, 0) is 0 Å². The van der Waals surface area contributed by atoms with Crippen LogP contribution in [0, 0.1) is 0 Å². The van der Waals surface area contributed by atoms with Gasteiger partial charge in [0.2, 0.25) is 5.76 Å². The number of carbonyl (C=O) groups is 2. The Kier molecular flexibility index (Phi) is 3.73. The summed E-state index contributed by atoms with van der Waals surface area (Å²) in [5, 5.41) is 11.9. The molecule has 1 fully saturated rings. The number of carboxylic acid groups (broad SMARTS) is 1. The molecule has 0 bridgehead atoms. The number of aromatic carboxylic acids is 1. The van der Waals surface area contributed by atoms with Crippen LogP contribution in [0.2, 0.25) is 0 Å². The number of hydrogen-bond acceptors (Lipinski definition) is 4. The first-order valence-electron chi connectivity index (χ1n) is 5.40. The van der Waals surface area contributed by atoms with Crippen molar-refractivity contribution in [1.82, 2.24) is 5.32 Å². The van der Waals surface area contributed by atoms with Crippen molar-refractivity contribution in [2.24, 2.45) is 0 Å². The van der Waals surface area contributed by atoms with Crippen LogP contribution in [0.5, 0.6) is 0 Å². The minimum absolute atomic E-state index is 0.0467. The fourth-order valence-corrected chi connectivity index (χ4v) is 2.88. The topological polar surface area (TPSA) is 79.5 Å². The third kappa shape index (κ3) is 3.03. The maximum atomic E-state index is 11.6. The van der Waals surface area contributed by atoms with Crippen molar-refractivity contribution in [3.8, 4) is 0 Å². The molecule has 1 aromatic heterocycles. The molecule has 2 rings (SSSR count). The Morgan fingerprint density at radius 1 is 1.47 bits per heavy atom. The lowest BCUT2D eigenvalue weighted by Gasteiger charge is -2.08. The number of rotatable bonds is 4. The maximum Gasteiger partial charge on any atom is 0.371 e. The Labute approximate surface area is 103 Å². The van der Waals surface area contributed by atoms with Crippen molar-refractivity contribution < 1.29 is 19.1 Å². The van der Waals surface area contributed by atoms with Gasteiger partial charge in [0.15, 0.2) is 5.76 Å². The van der Waals surface area contributed by atoms with Gasteiger partial charge in [0.1, 0.15) is 0 Å². The highest BCUT2D eigenvalue weighted by Gasteiger charge is 2.18. The summed E-state index contributed by atoms with van der Waals surface area (Å²) < 4.78 is 4.90. The summed E-state index contributed by atoms with van der Waals surface area (Å²) in [6.45, 7) is 0.604. The average molecular weight is 255 g/mol. The van der Waals surface area contributed by atoms with Gasteiger partial charge in [-0.25, -0.2) is 4.79 Å². The zero-order valence-electron chi connectivity index (χ0n) is 9.14. The molecule has 1 unspecified atom stereocenters.